The Balaban J connectivity index is 1.46. The van der Waals surface area contributed by atoms with Crippen molar-refractivity contribution in [3.8, 4) is 0 Å². The van der Waals surface area contributed by atoms with Crippen LogP contribution in [0.5, 0.6) is 0 Å². The SMILES string of the molecule is Cc1nnc2sc(C(=O)Nc3ccc(N4CCCCC4)cc3)nn12. The first-order chi connectivity index (χ1) is 11.7. The number of hydrogen-bond donors (Lipinski definition) is 1. The summed E-state index contributed by atoms with van der Waals surface area (Å²) < 4.78 is 1.58. The Labute approximate surface area is 143 Å². The van der Waals surface area contributed by atoms with Gasteiger partial charge in [-0.25, -0.2) is 0 Å². The molecule has 124 valence electrons. The van der Waals surface area contributed by atoms with Crippen LogP contribution in [0.25, 0.3) is 4.96 Å². The first kappa shape index (κ1) is 15.1. The molecule has 1 aliphatic rings. The Kier molecular flexibility index (Phi) is 3.89. The van der Waals surface area contributed by atoms with E-state index in [1.54, 1.807) is 11.4 Å². The van der Waals surface area contributed by atoms with Crippen molar-refractivity contribution in [3.05, 3.63) is 35.1 Å². The quantitative estimate of drug-likeness (QED) is 0.792. The van der Waals surface area contributed by atoms with Crippen LogP contribution in [-0.2, 0) is 0 Å². The largest absolute Gasteiger partial charge is 0.372 e. The van der Waals surface area contributed by atoms with Crippen LogP contribution in [-0.4, -0.2) is 38.8 Å². The zero-order valence-electron chi connectivity index (χ0n) is 13.4. The molecule has 0 unspecified atom stereocenters. The molecule has 0 atom stereocenters. The molecule has 1 saturated heterocycles. The lowest BCUT2D eigenvalue weighted by atomic mass is 10.1. The van der Waals surface area contributed by atoms with Gasteiger partial charge in [0, 0.05) is 24.5 Å². The van der Waals surface area contributed by atoms with Crippen molar-refractivity contribution in [1.29, 1.82) is 0 Å². The number of benzene rings is 1. The molecule has 1 amide bonds. The molecule has 0 spiro atoms. The Morgan fingerprint density at radius 1 is 1.12 bits per heavy atom. The summed E-state index contributed by atoms with van der Waals surface area (Å²) in [5, 5.41) is 15.4. The molecule has 4 rings (SSSR count). The van der Waals surface area contributed by atoms with E-state index in [-0.39, 0.29) is 5.91 Å². The topological polar surface area (TPSA) is 75.4 Å². The van der Waals surface area contributed by atoms with Gasteiger partial charge in [-0.15, -0.1) is 15.3 Å². The van der Waals surface area contributed by atoms with E-state index in [0.717, 1.165) is 18.8 Å². The van der Waals surface area contributed by atoms with Crippen molar-refractivity contribution >= 4 is 33.6 Å². The fraction of sp³-hybridized carbons (Fsp3) is 0.375. The standard InChI is InChI=1S/C16H18N6OS/c1-11-18-19-16-22(11)20-15(24-16)14(23)17-12-5-7-13(8-6-12)21-9-3-2-4-10-21/h5-8H,2-4,9-10H2,1H3,(H,17,23). The van der Waals surface area contributed by atoms with Gasteiger partial charge in [-0.05, 0) is 50.5 Å². The molecular weight excluding hydrogens is 324 g/mol. The van der Waals surface area contributed by atoms with Crippen LogP contribution in [0, 0.1) is 6.92 Å². The second-order valence-electron chi connectivity index (χ2n) is 5.90. The summed E-state index contributed by atoms with van der Waals surface area (Å²) in [5.41, 5.74) is 1.98. The molecule has 1 aromatic carbocycles. The number of aromatic nitrogens is 4. The Bertz CT molecular complexity index is 862. The van der Waals surface area contributed by atoms with Crippen molar-refractivity contribution < 1.29 is 4.79 Å². The summed E-state index contributed by atoms with van der Waals surface area (Å²) in [7, 11) is 0. The lowest BCUT2D eigenvalue weighted by molar-refractivity contribution is 0.102. The Morgan fingerprint density at radius 2 is 1.88 bits per heavy atom. The van der Waals surface area contributed by atoms with Gasteiger partial charge in [-0.3, -0.25) is 4.79 Å². The van der Waals surface area contributed by atoms with Gasteiger partial charge < -0.3 is 10.2 Å². The fourth-order valence-electron chi connectivity index (χ4n) is 2.90. The van der Waals surface area contributed by atoms with Gasteiger partial charge in [0.2, 0.25) is 9.97 Å². The second-order valence-corrected chi connectivity index (χ2v) is 6.85. The van der Waals surface area contributed by atoms with Crippen LogP contribution in [0.4, 0.5) is 11.4 Å². The zero-order chi connectivity index (χ0) is 16.5. The molecular formula is C16H18N6OS. The number of carbonyl (C=O) groups excluding carboxylic acids is 1. The molecule has 1 aliphatic heterocycles. The van der Waals surface area contributed by atoms with Gasteiger partial charge in [-0.1, -0.05) is 11.3 Å². The minimum absolute atomic E-state index is 0.226. The maximum absolute atomic E-state index is 12.3. The number of amides is 1. The number of fused-ring (bicyclic) bond motifs is 1. The number of nitrogens with zero attached hydrogens (tertiary/aromatic N) is 5. The Morgan fingerprint density at radius 3 is 2.58 bits per heavy atom. The summed E-state index contributed by atoms with van der Waals surface area (Å²) in [6.07, 6.45) is 3.81. The molecule has 2 aromatic heterocycles. The summed E-state index contributed by atoms with van der Waals surface area (Å²) in [6.45, 7) is 4.02. The number of nitrogens with one attached hydrogen (secondary N) is 1. The van der Waals surface area contributed by atoms with Gasteiger partial charge in [0.05, 0.1) is 0 Å². The van der Waals surface area contributed by atoms with Gasteiger partial charge in [-0.2, -0.15) is 4.52 Å². The lowest BCUT2D eigenvalue weighted by Gasteiger charge is -2.28. The molecule has 3 heterocycles. The highest BCUT2D eigenvalue weighted by atomic mass is 32.1. The first-order valence-corrected chi connectivity index (χ1v) is 8.87. The molecule has 0 radical (unpaired) electrons. The van der Waals surface area contributed by atoms with Crippen molar-refractivity contribution in [2.24, 2.45) is 0 Å². The number of anilines is 2. The first-order valence-electron chi connectivity index (χ1n) is 8.06. The van der Waals surface area contributed by atoms with E-state index in [4.69, 9.17) is 0 Å². The average Bonchev–Trinajstić information content (AvgIpc) is 3.19. The highest BCUT2D eigenvalue weighted by Crippen LogP contribution is 2.22. The molecule has 3 aromatic rings. The van der Waals surface area contributed by atoms with Crippen molar-refractivity contribution in [3.63, 3.8) is 0 Å². The van der Waals surface area contributed by atoms with Crippen LogP contribution >= 0.6 is 11.3 Å². The van der Waals surface area contributed by atoms with E-state index in [2.05, 4.69) is 37.6 Å². The predicted molar refractivity (Wildman–Crippen MR) is 93.9 cm³/mol. The molecule has 24 heavy (non-hydrogen) atoms. The third-order valence-corrected chi connectivity index (χ3v) is 5.08. The molecule has 7 nitrogen and oxygen atoms in total. The molecule has 1 N–H and O–H groups in total. The molecule has 8 heteroatoms. The summed E-state index contributed by atoms with van der Waals surface area (Å²) in [5.74, 6) is 0.446. The maximum Gasteiger partial charge on any atom is 0.286 e. The van der Waals surface area contributed by atoms with Crippen molar-refractivity contribution in [1.82, 2.24) is 19.8 Å². The van der Waals surface area contributed by atoms with E-state index in [0.29, 0.717) is 15.8 Å². The van der Waals surface area contributed by atoms with Gasteiger partial charge >= 0.3 is 0 Å². The summed E-state index contributed by atoms with van der Waals surface area (Å²) in [6, 6.07) is 7.99. The monoisotopic (exact) mass is 342 g/mol. The number of aryl methyl sites for hydroxylation is 1. The molecule has 0 saturated carbocycles. The predicted octanol–water partition coefficient (Wildman–Crippen LogP) is 2.74. The van der Waals surface area contributed by atoms with E-state index >= 15 is 0 Å². The van der Waals surface area contributed by atoms with E-state index < -0.39 is 0 Å². The second kappa shape index (κ2) is 6.20. The minimum Gasteiger partial charge on any atom is -0.372 e. The Hall–Kier alpha value is -2.48. The zero-order valence-corrected chi connectivity index (χ0v) is 14.2. The molecule has 0 bridgehead atoms. The normalized spacial score (nSPS) is 15.0. The minimum atomic E-state index is -0.226. The van der Waals surface area contributed by atoms with Crippen LogP contribution < -0.4 is 10.2 Å². The van der Waals surface area contributed by atoms with E-state index in [1.807, 2.05) is 12.1 Å². The average molecular weight is 342 g/mol. The molecule has 0 aliphatic carbocycles. The molecule has 1 fully saturated rings. The van der Waals surface area contributed by atoms with Gasteiger partial charge in [0.1, 0.15) is 0 Å². The smallest absolute Gasteiger partial charge is 0.286 e. The maximum atomic E-state index is 12.3. The van der Waals surface area contributed by atoms with Crippen LogP contribution in [0.3, 0.4) is 0 Å². The third kappa shape index (κ3) is 2.84. The van der Waals surface area contributed by atoms with Crippen molar-refractivity contribution in [2.75, 3.05) is 23.3 Å². The third-order valence-electron chi connectivity index (χ3n) is 4.19. The number of carbonyl (C=O) groups is 1. The van der Waals surface area contributed by atoms with E-state index in [1.165, 1.54) is 36.3 Å². The lowest BCUT2D eigenvalue weighted by Crippen LogP contribution is -2.29. The number of rotatable bonds is 3. The highest BCUT2D eigenvalue weighted by Gasteiger charge is 2.16. The van der Waals surface area contributed by atoms with Crippen molar-refractivity contribution in [2.45, 2.75) is 26.2 Å². The van der Waals surface area contributed by atoms with Gasteiger partial charge in [0.15, 0.2) is 5.82 Å². The number of piperidine rings is 1. The fourth-order valence-corrected chi connectivity index (χ4v) is 3.68. The van der Waals surface area contributed by atoms with Crippen LogP contribution in [0.1, 0.15) is 34.9 Å². The number of hydrogen-bond acceptors (Lipinski definition) is 6. The summed E-state index contributed by atoms with van der Waals surface area (Å²) >= 11 is 1.23. The van der Waals surface area contributed by atoms with Crippen LogP contribution in [0.15, 0.2) is 24.3 Å². The highest BCUT2D eigenvalue weighted by molar-refractivity contribution is 7.18. The van der Waals surface area contributed by atoms with Gasteiger partial charge in [0.25, 0.3) is 5.91 Å². The van der Waals surface area contributed by atoms with E-state index in [9.17, 15) is 4.79 Å². The summed E-state index contributed by atoms with van der Waals surface area (Å²) in [4.78, 5) is 15.4. The van der Waals surface area contributed by atoms with Crippen LogP contribution in [0.2, 0.25) is 0 Å².